The first-order chi connectivity index (χ1) is 9.30. The van der Waals surface area contributed by atoms with E-state index in [1.807, 2.05) is 11.3 Å². The molecule has 0 saturated heterocycles. The van der Waals surface area contributed by atoms with Gasteiger partial charge in [-0.25, -0.2) is 0 Å². The maximum absolute atomic E-state index is 5.70. The van der Waals surface area contributed by atoms with E-state index in [1.165, 1.54) is 43.5 Å². The van der Waals surface area contributed by atoms with Crippen molar-refractivity contribution in [3.8, 4) is 0 Å². The fraction of sp³-hybridized carbons (Fsp3) is 0.750. The summed E-state index contributed by atoms with van der Waals surface area (Å²) in [5.41, 5.74) is 5.70. The van der Waals surface area contributed by atoms with Crippen LogP contribution in [0.3, 0.4) is 0 Å². The molecule has 110 valence electrons. The van der Waals surface area contributed by atoms with Gasteiger partial charge in [0.05, 0.1) is 0 Å². The molecular formula is C16H30N2S. The number of nitrogens with zero attached hydrogens (tertiary/aromatic N) is 1. The van der Waals surface area contributed by atoms with E-state index >= 15 is 0 Å². The van der Waals surface area contributed by atoms with Crippen molar-refractivity contribution in [3.05, 3.63) is 22.4 Å². The number of rotatable bonds is 11. The molecule has 1 unspecified atom stereocenters. The van der Waals surface area contributed by atoms with E-state index in [4.69, 9.17) is 5.73 Å². The van der Waals surface area contributed by atoms with Crippen molar-refractivity contribution in [1.29, 1.82) is 0 Å². The molecule has 0 radical (unpaired) electrons. The Morgan fingerprint density at radius 3 is 2.68 bits per heavy atom. The van der Waals surface area contributed by atoms with Crippen LogP contribution in [0.25, 0.3) is 0 Å². The Morgan fingerprint density at radius 1 is 1.26 bits per heavy atom. The van der Waals surface area contributed by atoms with Crippen molar-refractivity contribution in [2.24, 2.45) is 11.7 Å². The highest BCUT2D eigenvalue weighted by Gasteiger charge is 2.09. The van der Waals surface area contributed by atoms with Crippen LogP contribution in [0.5, 0.6) is 0 Å². The number of hydrogen-bond acceptors (Lipinski definition) is 3. The van der Waals surface area contributed by atoms with Gasteiger partial charge in [-0.3, -0.25) is 4.90 Å². The van der Waals surface area contributed by atoms with Crippen LogP contribution in [-0.4, -0.2) is 24.5 Å². The lowest BCUT2D eigenvalue weighted by Crippen LogP contribution is -2.24. The van der Waals surface area contributed by atoms with Crippen LogP contribution in [0.1, 0.15) is 50.8 Å². The highest BCUT2D eigenvalue weighted by molar-refractivity contribution is 7.09. The summed E-state index contributed by atoms with van der Waals surface area (Å²) in [6.45, 7) is 8.86. The molecule has 0 fully saturated rings. The van der Waals surface area contributed by atoms with Gasteiger partial charge in [-0.2, -0.15) is 0 Å². The molecule has 19 heavy (non-hydrogen) atoms. The van der Waals surface area contributed by atoms with Gasteiger partial charge in [-0.1, -0.05) is 32.8 Å². The molecule has 0 aromatic carbocycles. The average Bonchev–Trinajstić information content (AvgIpc) is 2.91. The van der Waals surface area contributed by atoms with Crippen molar-refractivity contribution in [3.63, 3.8) is 0 Å². The second-order valence-electron chi connectivity index (χ2n) is 5.32. The van der Waals surface area contributed by atoms with E-state index in [9.17, 15) is 0 Å². The van der Waals surface area contributed by atoms with Gasteiger partial charge in [-0.15, -0.1) is 11.3 Å². The number of hydrogen-bond donors (Lipinski definition) is 1. The van der Waals surface area contributed by atoms with Crippen LogP contribution in [-0.2, 0) is 6.54 Å². The lowest BCUT2D eigenvalue weighted by Gasteiger charge is -2.21. The molecule has 1 heterocycles. The Bertz CT molecular complexity index is 292. The molecule has 0 spiro atoms. The summed E-state index contributed by atoms with van der Waals surface area (Å²) >= 11 is 1.86. The Labute approximate surface area is 123 Å². The molecule has 2 nitrogen and oxygen atoms in total. The highest BCUT2D eigenvalue weighted by Crippen LogP contribution is 2.18. The molecule has 2 N–H and O–H groups in total. The van der Waals surface area contributed by atoms with E-state index in [0.29, 0.717) is 0 Å². The molecule has 1 aromatic heterocycles. The smallest absolute Gasteiger partial charge is 0.0327 e. The molecule has 0 bridgehead atoms. The molecule has 1 rings (SSSR count). The predicted octanol–water partition coefficient (Wildman–Crippen LogP) is 4.12. The van der Waals surface area contributed by atoms with Crippen LogP contribution in [0.4, 0.5) is 0 Å². The Morgan fingerprint density at radius 2 is 2.11 bits per heavy atom. The van der Waals surface area contributed by atoms with Crippen LogP contribution >= 0.6 is 11.3 Å². The third-order valence-corrected chi connectivity index (χ3v) is 4.63. The standard InChI is InChI=1S/C16H30N2S/c1-3-7-15(10-11-17)8-5-12-18(4-2)14-16-9-6-13-19-16/h6,9,13,15H,3-5,7-8,10-12,14,17H2,1-2H3. The first kappa shape index (κ1) is 16.7. The molecule has 0 aliphatic rings. The lowest BCUT2D eigenvalue weighted by atomic mass is 9.94. The minimum absolute atomic E-state index is 0.843. The van der Waals surface area contributed by atoms with Crippen molar-refractivity contribution >= 4 is 11.3 Å². The van der Waals surface area contributed by atoms with Gasteiger partial charge in [0, 0.05) is 11.4 Å². The highest BCUT2D eigenvalue weighted by atomic mass is 32.1. The van der Waals surface area contributed by atoms with Gasteiger partial charge in [0.25, 0.3) is 0 Å². The number of thiophene rings is 1. The second kappa shape index (κ2) is 10.4. The second-order valence-corrected chi connectivity index (χ2v) is 6.35. The van der Waals surface area contributed by atoms with E-state index in [1.54, 1.807) is 0 Å². The van der Waals surface area contributed by atoms with Gasteiger partial charge >= 0.3 is 0 Å². The molecule has 0 saturated carbocycles. The Balaban J connectivity index is 2.24. The van der Waals surface area contributed by atoms with Gasteiger partial charge in [0.2, 0.25) is 0 Å². The van der Waals surface area contributed by atoms with Crippen molar-refractivity contribution in [2.75, 3.05) is 19.6 Å². The minimum atomic E-state index is 0.843. The topological polar surface area (TPSA) is 29.3 Å². The first-order valence-electron chi connectivity index (χ1n) is 7.74. The molecule has 0 aliphatic carbocycles. The summed E-state index contributed by atoms with van der Waals surface area (Å²) in [6.07, 6.45) is 6.48. The quantitative estimate of drug-likeness (QED) is 0.661. The molecule has 3 heteroatoms. The van der Waals surface area contributed by atoms with E-state index in [-0.39, 0.29) is 0 Å². The van der Waals surface area contributed by atoms with Crippen LogP contribution in [0, 0.1) is 5.92 Å². The SMILES string of the molecule is CCCC(CCN)CCCN(CC)Cc1cccs1. The average molecular weight is 282 g/mol. The predicted molar refractivity (Wildman–Crippen MR) is 86.6 cm³/mol. The van der Waals surface area contributed by atoms with Gasteiger partial charge in [0.15, 0.2) is 0 Å². The summed E-state index contributed by atoms with van der Waals surface area (Å²) in [5, 5.41) is 2.17. The van der Waals surface area contributed by atoms with Gasteiger partial charge < -0.3 is 5.73 Å². The molecule has 0 aliphatic heterocycles. The van der Waals surface area contributed by atoms with Crippen molar-refractivity contribution < 1.29 is 0 Å². The lowest BCUT2D eigenvalue weighted by molar-refractivity contribution is 0.263. The third-order valence-electron chi connectivity index (χ3n) is 3.77. The summed E-state index contributed by atoms with van der Waals surface area (Å²) in [6, 6.07) is 4.38. The zero-order valence-corrected chi connectivity index (χ0v) is 13.4. The minimum Gasteiger partial charge on any atom is -0.330 e. The molecule has 1 atom stereocenters. The van der Waals surface area contributed by atoms with Crippen molar-refractivity contribution in [2.45, 2.75) is 52.5 Å². The fourth-order valence-electron chi connectivity index (χ4n) is 2.65. The Kier molecular flexibility index (Phi) is 9.14. The number of nitrogens with two attached hydrogens (primary N) is 1. The van der Waals surface area contributed by atoms with E-state index in [2.05, 4.69) is 36.3 Å². The maximum Gasteiger partial charge on any atom is 0.0327 e. The normalized spacial score (nSPS) is 13.1. The van der Waals surface area contributed by atoms with Gasteiger partial charge in [-0.05, 0) is 56.3 Å². The van der Waals surface area contributed by atoms with E-state index < -0.39 is 0 Å². The molecular weight excluding hydrogens is 252 g/mol. The molecule has 0 amide bonds. The van der Waals surface area contributed by atoms with Gasteiger partial charge in [0.1, 0.15) is 0 Å². The van der Waals surface area contributed by atoms with Crippen LogP contribution < -0.4 is 5.73 Å². The summed E-state index contributed by atoms with van der Waals surface area (Å²) in [4.78, 5) is 4.03. The fourth-order valence-corrected chi connectivity index (χ4v) is 3.40. The largest absolute Gasteiger partial charge is 0.330 e. The molecule has 1 aromatic rings. The third kappa shape index (κ3) is 7.09. The first-order valence-corrected chi connectivity index (χ1v) is 8.62. The Hall–Kier alpha value is -0.380. The summed E-state index contributed by atoms with van der Waals surface area (Å²) in [5.74, 6) is 0.843. The zero-order valence-electron chi connectivity index (χ0n) is 12.6. The summed E-state index contributed by atoms with van der Waals surface area (Å²) < 4.78 is 0. The summed E-state index contributed by atoms with van der Waals surface area (Å²) in [7, 11) is 0. The monoisotopic (exact) mass is 282 g/mol. The van der Waals surface area contributed by atoms with Crippen molar-refractivity contribution in [1.82, 2.24) is 4.90 Å². The van der Waals surface area contributed by atoms with Crippen LogP contribution in [0.15, 0.2) is 17.5 Å². The van der Waals surface area contributed by atoms with Crippen LogP contribution in [0.2, 0.25) is 0 Å². The zero-order chi connectivity index (χ0) is 13.9. The van der Waals surface area contributed by atoms with E-state index in [0.717, 1.165) is 25.6 Å². The maximum atomic E-state index is 5.70.